The minimum absolute atomic E-state index is 0.0101. The number of methoxy groups -OCH3 is 1. The first kappa shape index (κ1) is 19.2. The van der Waals surface area contributed by atoms with Gasteiger partial charge in [0.25, 0.3) is 0 Å². The van der Waals surface area contributed by atoms with E-state index in [9.17, 15) is 9.59 Å². The lowest BCUT2D eigenvalue weighted by atomic mass is 9.67. The molecule has 0 spiro atoms. The number of hydrogen-bond donors (Lipinski definition) is 2. The Balaban J connectivity index is 1.52. The number of nitrogens with zero attached hydrogens (tertiary/aromatic N) is 1. The van der Waals surface area contributed by atoms with Gasteiger partial charge in [-0.15, -0.1) is 0 Å². The Morgan fingerprint density at radius 2 is 1.82 bits per heavy atom. The lowest BCUT2D eigenvalue weighted by Gasteiger charge is -2.45. The first-order valence-electron chi connectivity index (χ1n) is 10.4. The SMILES string of the molecule is COc1ccc(C2C(C(=O)NC3C4CCCC3CC(N)C4)CC(=O)N2C)cc1. The number of likely N-dealkylation sites (tertiary alicyclic amines) is 1. The van der Waals surface area contributed by atoms with Crippen molar-refractivity contribution < 1.29 is 14.3 Å². The highest BCUT2D eigenvalue weighted by Gasteiger charge is 2.45. The summed E-state index contributed by atoms with van der Waals surface area (Å²) >= 11 is 0. The van der Waals surface area contributed by atoms with E-state index in [4.69, 9.17) is 10.5 Å². The van der Waals surface area contributed by atoms with Crippen LogP contribution >= 0.6 is 0 Å². The Labute approximate surface area is 166 Å². The number of nitrogens with two attached hydrogens (primary N) is 1. The molecule has 4 rings (SSSR count). The lowest BCUT2D eigenvalue weighted by Crippen LogP contribution is -2.55. The van der Waals surface area contributed by atoms with E-state index < -0.39 is 0 Å². The molecule has 4 unspecified atom stereocenters. The normalized spacial score (nSPS) is 35.0. The van der Waals surface area contributed by atoms with E-state index in [1.54, 1.807) is 19.1 Å². The van der Waals surface area contributed by atoms with Crippen molar-refractivity contribution >= 4 is 11.8 Å². The molecule has 1 aromatic rings. The predicted octanol–water partition coefficient (Wildman–Crippen LogP) is 2.24. The van der Waals surface area contributed by atoms with Crippen molar-refractivity contribution in [2.75, 3.05) is 14.2 Å². The minimum atomic E-state index is -0.359. The summed E-state index contributed by atoms with van der Waals surface area (Å²) in [7, 11) is 3.42. The van der Waals surface area contributed by atoms with Crippen molar-refractivity contribution in [1.82, 2.24) is 10.2 Å². The van der Waals surface area contributed by atoms with Gasteiger partial charge in [0, 0.05) is 25.6 Å². The molecule has 6 heteroatoms. The number of nitrogens with one attached hydrogen (secondary N) is 1. The number of carbonyl (C=O) groups is 2. The fraction of sp³-hybridized carbons (Fsp3) is 0.636. The van der Waals surface area contributed by atoms with Gasteiger partial charge in [0.15, 0.2) is 0 Å². The van der Waals surface area contributed by atoms with Crippen molar-refractivity contribution in [3.63, 3.8) is 0 Å². The maximum Gasteiger partial charge on any atom is 0.226 e. The Morgan fingerprint density at radius 1 is 1.18 bits per heavy atom. The van der Waals surface area contributed by atoms with Gasteiger partial charge in [-0.3, -0.25) is 9.59 Å². The van der Waals surface area contributed by atoms with Crippen LogP contribution < -0.4 is 15.8 Å². The van der Waals surface area contributed by atoms with Gasteiger partial charge in [0.1, 0.15) is 5.75 Å². The quantitative estimate of drug-likeness (QED) is 0.832. The summed E-state index contributed by atoms with van der Waals surface area (Å²) in [6.07, 6.45) is 5.76. The Hall–Kier alpha value is -2.08. The van der Waals surface area contributed by atoms with Crippen molar-refractivity contribution in [1.29, 1.82) is 0 Å². The molecule has 2 aliphatic carbocycles. The van der Waals surface area contributed by atoms with Crippen LogP contribution in [-0.2, 0) is 9.59 Å². The predicted molar refractivity (Wildman–Crippen MR) is 107 cm³/mol. The largest absolute Gasteiger partial charge is 0.497 e. The van der Waals surface area contributed by atoms with Crippen LogP contribution in [0.5, 0.6) is 5.75 Å². The first-order valence-corrected chi connectivity index (χ1v) is 10.4. The average molecular weight is 386 g/mol. The molecule has 3 aliphatic rings. The molecule has 4 atom stereocenters. The average Bonchev–Trinajstić information content (AvgIpc) is 2.97. The molecule has 3 fully saturated rings. The van der Waals surface area contributed by atoms with Crippen LogP contribution in [-0.4, -0.2) is 43.0 Å². The van der Waals surface area contributed by atoms with Gasteiger partial charge in [-0.05, 0) is 55.2 Å². The third-order valence-electron chi connectivity index (χ3n) is 7.07. The van der Waals surface area contributed by atoms with Crippen LogP contribution in [0.3, 0.4) is 0 Å². The standard InChI is InChI=1S/C22H31N3O3/c1-25-19(26)12-18(21(25)13-6-8-17(28-2)9-7-13)22(27)24-20-14-4-3-5-15(20)11-16(23)10-14/h6-9,14-16,18,20-21H,3-5,10-12,23H2,1-2H3,(H,24,27). The maximum atomic E-state index is 13.3. The third kappa shape index (κ3) is 3.50. The highest BCUT2D eigenvalue weighted by atomic mass is 16.5. The number of hydrogen-bond acceptors (Lipinski definition) is 4. The molecule has 28 heavy (non-hydrogen) atoms. The summed E-state index contributed by atoms with van der Waals surface area (Å²) in [6.45, 7) is 0. The number of ether oxygens (including phenoxy) is 1. The van der Waals surface area contributed by atoms with Gasteiger partial charge in [0.2, 0.25) is 11.8 Å². The topological polar surface area (TPSA) is 84.7 Å². The molecule has 0 radical (unpaired) electrons. The van der Waals surface area contributed by atoms with Crippen molar-refractivity contribution in [2.45, 2.75) is 56.7 Å². The summed E-state index contributed by atoms with van der Waals surface area (Å²) in [4.78, 5) is 27.4. The van der Waals surface area contributed by atoms with Crippen LogP contribution in [0, 0.1) is 17.8 Å². The molecule has 1 heterocycles. The molecule has 2 amide bonds. The fourth-order valence-electron chi connectivity index (χ4n) is 5.66. The van der Waals surface area contributed by atoms with E-state index in [1.165, 1.54) is 6.42 Å². The molecule has 3 N–H and O–H groups in total. The summed E-state index contributed by atoms with van der Waals surface area (Å²) in [5.41, 5.74) is 7.20. The van der Waals surface area contributed by atoms with Crippen molar-refractivity contribution in [3.8, 4) is 5.75 Å². The van der Waals surface area contributed by atoms with Gasteiger partial charge in [-0.25, -0.2) is 0 Å². The molecular weight excluding hydrogens is 354 g/mol. The summed E-state index contributed by atoms with van der Waals surface area (Å²) < 4.78 is 5.24. The second kappa shape index (κ2) is 7.74. The van der Waals surface area contributed by atoms with E-state index in [-0.39, 0.29) is 42.3 Å². The summed E-state index contributed by atoms with van der Waals surface area (Å²) in [5, 5.41) is 3.35. The number of benzene rings is 1. The third-order valence-corrected chi connectivity index (χ3v) is 7.07. The van der Waals surface area contributed by atoms with Crippen LogP contribution in [0.1, 0.15) is 50.1 Å². The van der Waals surface area contributed by atoms with Gasteiger partial charge in [0.05, 0.1) is 19.1 Å². The lowest BCUT2D eigenvalue weighted by molar-refractivity contribution is -0.129. The van der Waals surface area contributed by atoms with E-state index in [1.807, 2.05) is 24.3 Å². The number of fused-ring (bicyclic) bond motifs is 2. The van der Waals surface area contributed by atoms with E-state index in [0.29, 0.717) is 11.8 Å². The molecular formula is C22H31N3O3. The minimum Gasteiger partial charge on any atom is -0.497 e. The Kier molecular flexibility index (Phi) is 5.32. The molecule has 2 bridgehead atoms. The fourth-order valence-corrected chi connectivity index (χ4v) is 5.66. The molecule has 2 saturated carbocycles. The highest BCUT2D eigenvalue weighted by Crippen LogP contribution is 2.41. The smallest absolute Gasteiger partial charge is 0.226 e. The highest BCUT2D eigenvalue weighted by molar-refractivity contribution is 5.90. The molecule has 1 aliphatic heterocycles. The number of amides is 2. The molecule has 1 aromatic carbocycles. The van der Waals surface area contributed by atoms with Crippen LogP contribution in [0.2, 0.25) is 0 Å². The van der Waals surface area contributed by atoms with E-state index in [2.05, 4.69) is 5.32 Å². The van der Waals surface area contributed by atoms with Crippen LogP contribution in [0.4, 0.5) is 0 Å². The van der Waals surface area contributed by atoms with Crippen molar-refractivity contribution in [2.24, 2.45) is 23.5 Å². The van der Waals surface area contributed by atoms with Gasteiger partial charge in [-0.1, -0.05) is 18.6 Å². The molecule has 6 nitrogen and oxygen atoms in total. The second-order valence-corrected chi connectivity index (χ2v) is 8.75. The maximum absolute atomic E-state index is 13.3. The van der Waals surface area contributed by atoms with Gasteiger partial charge >= 0.3 is 0 Å². The first-order chi connectivity index (χ1) is 13.5. The molecule has 0 aromatic heterocycles. The Morgan fingerprint density at radius 3 is 2.43 bits per heavy atom. The van der Waals surface area contributed by atoms with Gasteiger partial charge < -0.3 is 20.7 Å². The van der Waals surface area contributed by atoms with E-state index >= 15 is 0 Å². The zero-order chi connectivity index (χ0) is 19.8. The van der Waals surface area contributed by atoms with Crippen molar-refractivity contribution in [3.05, 3.63) is 29.8 Å². The summed E-state index contributed by atoms with van der Waals surface area (Å²) in [5.74, 6) is 1.38. The zero-order valence-corrected chi connectivity index (χ0v) is 16.8. The number of rotatable bonds is 4. The molecule has 152 valence electrons. The second-order valence-electron chi connectivity index (χ2n) is 8.75. The number of carbonyl (C=O) groups excluding carboxylic acids is 2. The summed E-state index contributed by atoms with van der Waals surface area (Å²) in [6, 6.07) is 7.90. The zero-order valence-electron chi connectivity index (χ0n) is 16.8. The van der Waals surface area contributed by atoms with E-state index in [0.717, 1.165) is 37.0 Å². The van der Waals surface area contributed by atoms with Crippen LogP contribution in [0.25, 0.3) is 0 Å². The Bertz CT molecular complexity index is 721. The molecule has 1 saturated heterocycles. The van der Waals surface area contributed by atoms with Gasteiger partial charge in [-0.2, -0.15) is 0 Å². The monoisotopic (exact) mass is 385 g/mol. The van der Waals surface area contributed by atoms with Crippen LogP contribution in [0.15, 0.2) is 24.3 Å².